The third-order valence-electron chi connectivity index (χ3n) is 9.78. The van der Waals surface area contributed by atoms with Crippen molar-refractivity contribution in [2.75, 3.05) is 6.54 Å². The molecule has 4 nitrogen and oxygen atoms in total. The van der Waals surface area contributed by atoms with Crippen LogP contribution in [0, 0.1) is 34.5 Å². The van der Waals surface area contributed by atoms with Gasteiger partial charge in [-0.05, 0) is 93.2 Å². The zero-order valence-corrected chi connectivity index (χ0v) is 19.4. The van der Waals surface area contributed by atoms with Gasteiger partial charge in [0.15, 0.2) is 5.78 Å². The van der Waals surface area contributed by atoms with Crippen LogP contribution in [0.4, 0.5) is 0 Å². The molecule has 170 valence electrons. The molecule has 32 heavy (non-hydrogen) atoms. The number of carbonyl (C=O) groups excluding carboxylic acids is 3. The molecule has 0 radical (unpaired) electrons. The Morgan fingerprint density at radius 3 is 2.53 bits per heavy atom. The van der Waals surface area contributed by atoms with Crippen LogP contribution in [0.3, 0.4) is 0 Å². The normalized spacial score (nSPS) is 38.2. The standard InChI is InChI=1S/C28H35NO3/c1-18(30)23-10-11-25-22-9-8-20-16-21(31)12-14-27(20,2)24(22)13-15-28(23,25)17-29-26(32)19-6-4-3-5-7-19/h3-7,16,22-25H,8-15,17H2,1-2H3,(H,29,32)/t22-,23-,24+,25+,27+,28+/m1/s1. The first-order valence-electron chi connectivity index (χ1n) is 12.4. The van der Waals surface area contributed by atoms with Gasteiger partial charge in [0.1, 0.15) is 5.78 Å². The summed E-state index contributed by atoms with van der Waals surface area (Å²) >= 11 is 0. The monoisotopic (exact) mass is 433 g/mol. The molecule has 1 N–H and O–H groups in total. The lowest BCUT2D eigenvalue weighted by molar-refractivity contribution is -0.129. The molecule has 0 aromatic heterocycles. The first-order chi connectivity index (χ1) is 15.3. The molecule has 6 atom stereocenters. The van der Waals surface area contributed by atoms with Crippen molar-refractivity contribution in [2.24, 2.45) is 34.5 Å². The summed E-state index contributed by atoms with van der Waals surface area (Å²) in [6.07, 6.45) is 9.84. The lowest BCUT2D eigenvalue weighted by Gasteiger charge is -2.58. The fourth-order valence-electron chi connectivity index (χ4n) is 8.26. The number of amides is 1. The van der Waals surface area contributed by atoms with Gasteiger partial charge < -0.3 is 5.32 Å². The Hall–Kier alpha value is -2.23. The van der Waals surface area contributed by atoms with E-state index in [2.05, 4.69) is 12.2 Å². The van der Waals surface area contributed by atoms with Crippen LogP contribution in [0.15, 0.2) is 42.0 Å². The van der Waals surface area contributed by atoms with Gasteiger partial charge in [0.25, 0.3) is 5.91 Å². The Kier molecular flexibility index (Phi) is 5.38. The molecule has 0 heterocycles. The smallest absolute Gasteiger partial charge is 0.251 e. The van der Waals surface area contributed by atoms with Gasteiger partial charge in [-0.15, -0.1) is 0 Å². The number of rotatable bonds is 4. The summed E-state index contributed by atoms with van der Waals surface area (Å²) in [5.74, 6) is 2.22. The lowest BCUT2D eigenvalue weighted by Crippen LogP contribution is -2.55. The third-order valence-corrected chi connectivity index (χ3v) is 9.78. The van der Waals surface area contributed by atoms with Crippen molar-refractivity contribution in [3.63, 3.8) is 0 Å². The van der Waals surface area contributed by atoms with E-state index in [4.69, 9.17) is 0 Å². The van der Waals surface area contributed by atoms with Crippen LogP contribution in [0.25, 0.3) is 0 Å². The van der Waals surface area contributed by atoms with Crippen LogP contribution >= 0.6 is 0 Å². The fraction of sp³-hybridized carbons (Fsp3) is 0.607. The van der Waals surface area contributed by atoms with Crippen molar-refractivity contribution in [1.82, 2.24) is 5.32 Å². The van der Waals surface area contributed by atoms with Crippen molar-refractivity contribution in [3.8, 4) is 0 Å². The highest BCUT2D eigenvalue weighted by Gasteiger charge is 2.61. The van der Waals surface area contributed by atoms with Crippen molar-refractivity contribution in [3.05, 3.63) is 47.5 Å². The third kappa shape index (κ3) is 3.29. The molecule has 0 saturated heterocycles. The molecular weight excluding hydrogens is 398 g/mol. The molecular formula is C28H35NO3. The molecule has 4 aliphatic carbocycles. The maximum atomic E-state index is 12.9. The number of allylic oxidation sites excluding steroid dienone is 1. The number of hydrogen-bond donors (Lipinski definition) is 1. The average Bonchev–Trinajstić information content (AvgIpc) is 3.19. The minimum Gasteiger partial charge on any atom is -0.351 e. The second kappa shape index (κ2) is 7.97. The van der Waals surface area contributed by atoms with Gasteiger partial charge >= 0.3 is 0 Å². The maximum Gasteiger partial charge on any atom is 0.251 e. The zero-order valence-electron chi connectivity index (χ0n) is 19.4. The molecule has 1 aromatic carbocycles. The molecule has 5 rings (SSSR count). The molecule has 0 spiro atoms. The highest BCUT2D eigenvalue weighted by Crippen LogP contribution is 2.66. The average molecular weight is 434 g/mol. The van der Waals surface area contributed by atoms with E-state index in [1.54, 1.807) is 6.92 Å². The van der Waals surface area contributed by atoms with Crippen LogP contribution in [-0.2, 0) is 9.59 Å². The van der Waals surface area contributed by atoms with E-state index >= 15 is 0 Å². The molecule has 1 aromatic rings. The van der Waals surface area contributed by atoms with Gasteiger partial charge in [0.05, 0.1) is 0 Å². The summed E-state index contributed by atoms with van der Waals surface area (Å²) < 4.78 is 0. The quantitative estimate of drug-likeness (QED) is 0.716. The molecule has 3 fully saturated rings. The van der Waals surface area contributed by atoms with E-state index in [9.17, 15) is 14.4 Å². The molecule has 1 amide bonds. The van der Waals surface area contributed by atoms with E-state index < -0.39 is 0 Å². The van der Waals surface area contributed by atoms with E-state index in [0.29, 0.717) is 42.1 Å². The number of fused-ring (bicyclic) bond motifs is 5. The van der Waals surface area contributed by atoms with Crippen LogP contribution < -0.4 is 5.32 Å². The van der Waals surface area contributed by atoms with Gasteiger partial charge in [0, 0.05) is 29.9 Å². The minimum absolute atomic E-state index is 0.0401. The number of ketones is 2. The van der Waals surface area contributed by atoms with Gasteiger partial charge in [-0.3, -0.25) is 14.4 Å². The first kappa shape index (κ1) is 21.6. The minimum atomic E-state index is -0.125. The van der Waals surface area contributed by atoms with Crippen molar-refractivity contribution in [2.45, 2.75) is 65.2 Å². The number of Topliss-reactive ketones (excluding diaryl/α,β-unsaturated/α-hetero) is 1. The number of nitrogens with one attached hydrogen (secondary N) is 1. The van der Waals surface area contributed by atoms with Gasteiger partial charge in [-0.2, -0.15) is 0 Å². The summed E-state index contributed by atoms with van der Waals surface area (Å²) in [4.78, 5) is 37.7. The number of hydrogen-bond acceptors (Lipinski definition) is 3. The molecule has 3 saturated carbocycles. The Balaban J connectivity index is 1.43. The SMILES string of the molecule is CC(=O)[C@H]1CC[C@H]2[C@@H]3CCC4=CC(=O)CC[C@]4(C)[C@H]3CC[C@]12CNC(=O)c1ccccc1. The van der Waals surface area contributed by atoms with Crippen LogP contribution in [0.5, 0.6) is 0 Å². The van der Waals surface area contributed by atoms with Crippen LogP contribution in [-0.4, -0.2) is 24.0 Å². The second-order valence-electron chi connectivity index (χ2n) is 11.0. The van der Waals surface area contributed by atoms with Gasteiger partial charge in [-0.25, -0.2) is 0 Å². The Bertz CT molecular complexity index is 966. The predicted octanol–water partition coefficient (Wildman–Crippen LogP) is 5.13. The summed E-state index contributed by atoms with van der Waals surface area (Å²) in [5.41, 5.74) is 2.06. The summed E-state index contributed by atoms with van der Waals surface area (Å²) in [6, 6.07) is 9.38. The van der Waals surface area contributed by atoms with Crippen molar-refractivity contribution >= 4 is 17.5 Å². The number of carbonyl (C=O) groups is 3. The van der Waals surface area contributed by atoms with Crippen molar-refractivity contribution in [1.29, 1.82) is 0 Å². The molecule has 0 unspecified atom stereocenters. The summed E-state index contributed by atoms with van der Waals surface area (Å²) in [5, 5.41) is 3.24. The van der Waals surface area contributed by atoms with E-state index in [-0.39, 0.29) is 28.4 Å². The van der Waals surface area contributed by atoms with Gasteiger partial charge in [0.2, 0.25) is 0 Å². The van der Waals surface area contributed by atoms with Crippen LogP contribution in [0.2, 0.25) is 0 Å². The topological polar surface area (TPSA) is 63.2 Å². The Morgan fingerprint density at radius 1 is 1.00 bits per heavy atom. The van der Waals surface area contributed by atoms with E-state index in [0.717, 1.165) is 44.9 Å². The summed E-state index contributed by atoms with van der Waals surface area (Å²) in [7, 11) is 0. The lowest BCUT2D eigenvalue weighted by atomic mass is 9.46. The predicted molar refractivity (Wildman–Crippen MR) is 124 cm³/mol. The highest BCUT2D eigenvalue weighted by atomic mass is 16.2. The summed E-state index contributed by atoms with van der Waals surface area (Å²) in [6.45, 7) is 4.73. The molecule has 4 heteroatoms. The second-order valence-corrected chi connectivity index (χ2v) is 11.0. The Labute approximate surface area is 191 Å². The zero-order chi connectivity index (χ0) is 22.5. The van der Waals surface area contributed by atoms with E-state index in [1.165, 1.54) is 5.57 Å². The van der Waals surface area contributed by atoms with Crippen LogP contribution in [0.1, 0.15) is 75.6 Å². The number of benzene rings is 1. The van der Waals surface area contributed by atoms with E-state index in [1.807, 2.05) is 36.4 Å². The van der Waals surface area contributed by atoms with Crippen molar-refractivity contribution < 1.29 is 14.4 Å². The van der Waals surface area contributed by atoms with Gasteiger partial charge in [-0.1, -0.05) is 30.7 Å². The maximum absolute atomic E-state index is 12.9. The molecule has 0 aliphatic heterocycles. The largest absolute Gasteiger partial charge is 0.351 e. The first-order valence-corrected chi connectivity index (χ1v) is 12.4. The highest BCUT2D eigenvalue weighted by molar-refractivity contribution is 5.94. The Morgan fingerprint density at radius 2 is 1.78 bits per heavy atom. The fourth-order valence-corrected chi connectivity index (χ4v) is 8.26. The molecule has 4 aliphatic rings. The molecule has 0 bridgehead atoms.